The summed E-state index contributed by atoms with van der Waals surface area (Å²) in [6, 6.07) is 8.07. The molecule has 0 saturated heterocycles. The van der Waals surface area contributed by atoms with Crippen LogP contribution in [0.1, 0.15) is 25.0 Å². The van der Waals surface area contributed by atoms with Crippen molar-refractivity contribution in [3.8, 4) is 5.75 Å². The van der Waals surface area contributed by atoms with Crippen molar-refractivity contribution in [3.63, 3.8) is 0 Å². The minimum atomic E-state index is 0.636. The molecule has 2 aromatic carbocycles. The van der Waals surface area contributed by atoms with Crippen LogP contribution >= 0.6 is 11.6 Å². The second-order valence-electron chi connectivity index (χ2n) is 4.65. The summed E-state index contributed by atoms with van der Waals surface area (Å²) >= 11 is 6.50. The summed E-state index contributed by atoms with van der Waals surface area (Å²) < 4.78 is 5.48. The maximum Gasteiger partial charge on any atom is 0.145 e. The van der Waals surface area contributed by atoms with Crippen LogP contribution in [0.3, 0.4) is 0 Å². The molecule has 0 bridgehead atoms. The van der Waals surface area contributed by atoms with Crippen LogP contribution < -0.4 is 4.74 Å². The number of rotatable bonds is 3. The van der Waals surface area contributed by atoms with Gasteiger partial charge in [0.2, 0.25) is 0 Å². The number of halogens is 1. The van der Waals surface area contributed by atoms with Crippen molar-refractivity contribution >= 4 is 34.5 Å². The molecular formula is C17H17ClO. The molecular weight excluding hydrogens is 256 g/mol. The van der Waals surface area contributed by atoms with Crippen molar-refractivity contribution in [1.82, 2.24) is 0 Å². The molecule has 0 aromatic heterocycles. The van der Waals surface area contributed by atoms with Gasteiger partial charge in [0, 0.05) is 10.9 Å². The van der Waals surface area contributed by atoms with E-state index in [1.807, 2.05) is 38.1 Å². The van der Waals surface area contributed by atoms with E-state index in [1.54, 1.807) is 7.11 Å². The first-order valence-electron chi connectivity index (χ1n) is 6.15. The van der Waals surface area contributed by atoms with Crippen LogP contribution in [0.25, 0.3) is 22.9 Å². The third kappa shape index (κ3) is 2.39. The molecule has 0 radical (unpaired) electrons. The summed E-state index contributed by atoms with van der Waals surface area (Å²) in [4.78, 5) is 0. The van der Waals surface area contributed by atoms with Crippen molar-refractivity contribution in [1.29, 1.82) is 0 Å². The summed E-state index contributed by atoms with van der Waals surface area (Å²) in [5, 5.41) is 2.75. The normalized spacial score (nSPS) is 10.3. The summed E-state index contributed by atoms with van der Waals surface area (Å²) in [5.41, 5.74) is 3.19. The molecule has 0 heterocycles. The molecule has 0 fully saturated rings. The molecule has 0 aliphatic carbocycles. The Bertz CT molecular complexity index is 665. The highest BCUT2D eigenvalue weighted by Gasteiger charge is 2.15. The van der Waals surface area contributed by atoms with E-state index in [4.69, 9.17) is 16.3 Å². The van der Waals surface area contributed by atoms with E-state index in [2.05, 4.69) is 18.7 Å². The van der Waals surface area contributed by atoms with Gasteiger partial charge < -0.3 is 4.74 Å². The molecule has 0 aliphatic rings. The number of fused-ring (bicyclic) bond motifs is 1. The fourth-order valence-corrected chi connectivity index (χ4v) is 2.60. The SMILES string of the molecule is C=Cc1c(C=C(C)C)c(Cl)c(OC)c2ccccc12. The highest BCUT2D eigenvalue weighted by atomic mass is 35.5. The van der Waals surface area contributed by atoms with Gasteiger partial charge in [0.05, 0.1) is 12.1 Å². The van der Waals surface area contributed by atoms with Gasteiger partial charge in [-0.1, -0.05) is 60.2 Å². The largest absolute Gasteiger partial charge is 0.495 e. The molecule has 2 aromatic rings. The fraction of sp³-hybridized carbons (Fsp3) is 0.176. The molecule has 19 heavy (non-hydrogen) atoms. The quantitative estimate of drug-likeness (QED) is 0.710. The van der Waals surface area contributed by atoms with Crippen molar-refractivity contribution in [2.45, 2.75) is 13.8 Å². The van der Waals surface area contributed by atoms with E-state index >= 15 is 0 Å². The third-order valence-electron chi connectivity index (χ3n) is 3.03. The molecule has 0 saturated carbocycles. The van der Waals surface area contributed by atoms with Crippen molar-refractivity contribution in [2.24, 2.45) is 0 Å². The second kappa shape index (κ2) is 5.50. The first kappa shape index (κ1) is 13.7. The van der Waals surface area contributed by atoms with E-state index in [0.717, 1.165) is 27.6 Å². The van der Waals surface area contributed by atoms with Crippen LogP contribution in [0.2, 0.25) is 5.02 Å². The van der Waals surface area contributed by atoms with E-state index < -0.39 is 0 Å². The number of benzene rings is 2. The minimum absolute atomic E-state index is 0.636. The third-order valence-corrected chi connectivity index (χ3v) is 3.40. The lowest BCUT2D eigenvalue weighted by atomic mass is 9.96. The van der Waals surface area contributed by atoms with Crippen LogP contribution in [-0.4, -0.2) is 7.11 Å². The molecule has 0 N–H and O–H groups in total. The number of methoxy groups -OCH3 is 1. The summed E-state index contributed by atoms with van der Waals surface area (Å²) in [6.07, 6.45) is 3.91. The van der Waals surface area contributed by atoms with Gasteiger partial charge in [0.1, 0.15) is 5.75 Å². The van der Waals surface area contributed by atoms with Gasteiger partial charge in [-0.05, 0) is 24.8 Å². The van der Waals surface area contributed by atoms with Gasteiger partial charge in [-0.15, -0.1) is 0 Å². The smallest absolute Gasteiger partial charge is 0.145 e. The maximum absolute atomic E-state index is 6.50. The van der Waals surface area contributed by atoms with Gasteiger partial charge in [-0.3, -0.25) is 0 Å². The molecule has 0 unspecified atom stereocenters. The van der Waals surface area contributed by atoms with Crippen LogP contribution in [0.5, 0.6) is 5.75 Å². The zero-order chi connectivity index (χ0) is 14.0. The van der Waals surface area contributed by atoms with Crippen LogP contribution in [0.15, 0.2) is 36.4 Å². The van der Waals surface area contributed by atoms with E-state index in [1.165, 1.54) is 5.57 Å². The molecule has 1 nitrogen and oxygen atoms in total. The number of hydrogen-bond acceptors (Lipinski definition) is 1. The highest BCUT2D eigenvalue weighted by Crippen LogP contribution is 2.41. The lowest BCUT2D eigenvalue weighted by molar-refractivity contribution is 0.420. The van der Waals surface area contributed by atoms with E-state index in [9.17, 15) is 0 Å². The second-order valence-corrected chi connectivity index (χ2v) is 5.02. The molecule has 98 valence electrons. The fourth-order valence-electron chi connectivity index (χ4n) is 2.27. The average molecular weight is 273 g/mol. The lowest BCUT2D eigenvalue weighted by Crippen LogP contribution is -1.93. The minimum Gasteiger partial charge on any atom is -0.495 e. The zero-order valence-corrected chi connectivity index (χ0v) is 12.2. The van der Waals surface area contributed by atoms with Gasteiger partial charge in [-0.2, -0.15) is 0 Å². The molecule has 0 amide bonds. The predicted octanol–water partition coefficient (Wildman–Crippen LogP) is 5.57. The Balaban J connectivity index is 2.99. The molecule has 0 spiro atoms. The number of hydrogen-bond donors (Lipinski definition) is 0. The van der Waals surface area contributed by atoms with Crippen LogP contribution in [-0.2, 0) is 0 Å². The maximum atomic E-state index is 6.50. The Morgan fingerprint density at radius 2 is 1.79 bits per heavy atom. The Morgan fingerprint density at radius 3 is 2.32 bits per heavy atom. The first-order valence-corrected chi connectivity index (χ1v) is 6.53. The number of allylic oxidation sites excluding steroid dienone is 1. The monoisotopic (exact) mass is 272 g/mol. The lowest BCUT2D eigenvalue weighted by Gasteiger charge is -2.15. The highest BCUT2D eigenvalue weighted by molar-refractivity contribution is 6.35. The van der Waals surface area contributed by atoms with Crippen LogP contribution in [0, 0.1) is 0 Å². The van der Waals surface area contributed by atoms with Crippen molar-refractivity contribution in [3.05, 3.63) is 52.6 Å². The zero-order valence-electron chi connectivity index (χ0n) is 11.5. The van der Waals surface area contributed by atoms with E-state index in [0.29, 0.717) is 5.02 Å². The summed E-state index contributed by atoms with van der Waals surface area (Å²) in [7, 11) is 1.65. The predicted molar refractivity (Wildman–Crippen MR) is 84.9 cm³/mol. The Morgan fingerprint density at radius 1 is 1.16 bits per heavy atom. The topological polar surface area (TPSA) is 9.23 Å². The van der Waals surface area contributed by atoms with E-state index in [-0.39, 0.29) is 0 Å². The molecule has 0 aliphatic heterocycles. The summed E-state index contributed by atoms with van der Waals surface area (Å²) in [6.45, 7) is 8.01. The Labute approximate surface area is 119 Å². The molecule has 2 heteroatoms. The Hall–Kier alpha value is -1.73. The average Bonchev–Trinajstić information content (AvgIpc) is 2.39. The van der Waals surface area contributed by atoms with Gasteiger partial charge >= 0.3 is 0 Å². The van der Waals surface area contributed by atoms with Crippen molar-refractivity contribution in [2.75, 3.05) is 7.11 Å². The Kier molecular flexibility index (Phi) is 3.96. The first-order chi connectivity index (χ1) is 9.10. The van der Waals surface area contributed by atoms with Gasteiger partial charge in [0.15, 0.2) is 0 Å². The molecule has 2 rings (SSSR count). The standard InChI is InChI=1S/C17H17ClO/c1-5-12-13-8-6-7-9-14(13)17(19-4)16(18)15(12)10-11(2)3/h5-10H,1H2,2-4H3. The van der Waals surface area contributed by atoms with Crippen LogP contribution in [0.4, 0.5) is 0 Å². The molecule has 0 atom stereocenters. The van der Waals surface area contributed by atoms with Gasteiger partial charge in [-0.25, -0.2) is 0 Å². The van der Waals surface area contributed by atoms with Gasteiger partial charge in [0.25, 0.3) is 0 Å². The van der Waals surface area contributed by atoms with Crippen molar-refractivity contribution < 1.29 is 4.74 Å². The number of ether oxygens (including phenoxy) is 1. The summed E-state index contributed by atoms with van der Waals surface area (Å²) in [5.74, 6) is 0.718.